The normalized spacial score (nSPS) is 17.3. The number of aromatic nitrogens is 3. The number of fused-ring (bicyclic) bond motifs is 1. The summed E-state index contributed by atoms with van der Waals surface area (Å²) in [5.74, 6) is 1.16. The Morgan fingerprint density at radius 3 is 2.70 bits per heavy atom. The number of rotatable bonds is 6. The van der Waals surface area contributed by atoms with Crippen molar-refractivity contribution in [2.75, 3.05) is 12.4 Å². The van der Waals surface area contributed by atoms with E-state index in [-0.39, 0.29) is 5.70 Å². The van der Waals surface area contributed by atoms with Crippen LogP contribution in [0.15, 0.2) is 52.1 Å². The van der Waals surface area contributed by atoms with E-state index in [1.54, 1.807) is 23.9 Å². The van der Waals surface area contributed by atoms with Crippen LogP contribution in [0.4, 0.5) is 10.6 Å². The molecule has 1 saturated heterocycles. The SMILES string of the molecule is COc1ccc(Sc2cc(NC3CC3)n3ncc(/C=C4/NC(=O)NC4=O)c3n2)cc1. The quantitative estimate of drug-likeness (QED) is 0.318. The van der Waals surface area contributed by atoms with Gasteiger partial charge in [0.1, 0.15) is 22.3 Å². The Morgan fingerprint density at radius 1 is 1.23 bits per heavy atom. The fourth-order valence-corrected chi connectivity index (χ4v) is 3.87. The van der Waals surface area contributed by atoms with Crippen molar-refractivity contribution in [3.05, 3.63) is 47.8 Å². The molecule has 5 rings (SSSR count). The Kier molecular flexibility index (Phi) is 4.55. The second kappa shape index (κ2) is 7.38. The summed E-state index contributed by atoms with van der Waals surface area (Å²) in [7, 11) is 1.64. The highest BCUT2D eigenvalue weighted by Gasteiger charge is 2.25. The van der Waals surface area contributed by atoms with Crippen molar-refractivity contribution in [2.45, 2.75) is 28.8 Å². The van der Waals surface area contributed by atoms with E-state index in [1.165, 1.54) is 11.8 Å². The molecule has 0 unspecified atom stereocenters. The number of urea groups is 1. The molecule has 1 saturated carbocycles. The standard InChI is InChI=1S/C20H18N6O3S/c1-29-13-4-6-14(7-5-13)30-17-9-16(22-12-2-3-12)26-18(24-17)11(10-21-26)8-15-19(27)25-20(28)23-15/h4-10,12,22H,2-3H2,1H3,(H2,23,25,27,28)/b15-8+. The van der Waals surface area contributed by atoms with Gasteiger partial charge in [0, 0.05) is 22.6 Å². The lowest BCUT2D eigenvalue weighted by atomic mass is 10.2. The second-order valence-corrected chi connectivity index (χ2v) is 8.07. The molecular formula is C20H18N6O3S. The molecule has 0 spiro atoms. The van der Waals surface area contributed by atoms with Crippen molar-refractivity contribution in [1.82, 2.24) is 25.2 Å². The first-order valence-electron chi connectivity index (χ1n) is 9.40. The van der Waals surface area contributed by atoms with Gasteiger partial charge in [0.15, 0.2) is 5.65 Å². The number of methoxy groups -OCH3 is 1. The smallest absolute Gasteiger partial charge is 0.326 e. The topological polar surface area (TPSA) is 110 Å². The predicted molar refractivity (Wildman–Crippen MR) is 111 cm³/mol. The van der Waals surface area contributed by atoms with E-state index in [1.807, 2.05) is 30.3 Å². The highest BCUT2D eigenvalue weighted by molar-refractivity contribution is 7.99. The molecule has 1 aromatic carbocycles. The van der Waals surface area contributed by atoms with Crippen LogP contribution >= 0.6 is 11.8 Å². The molecule has 1 aliphatic carbocycles. The van der Waals surface area contributed by atoms with Crippen LogP contribution in [0.1, 0.15) is 18.4 Å². The number of anilines is 1. The highest BCUT2D eigenvalue weighted by Crippen LogP contribution is 2.32. The van der Waals surface area contributed by atoms with E-state index in [4.69, 9.17) is 9.72 Å². The van der Waals surface area contributed by atoms with Gasteiger partial charge in [-0.05, 0) is 43.2 Å². The Morgan fingerprint density at radius 2 is 2.03 bits per heavy atom. The van der Waals surface area contributed by atoms with Gasteiger partial charge in [0.2, 0.25) is 0 Å². The van der Waals surface area contributed by atoms with E-state index >= 15 is 0 Å². The molecule has 2 fully saturated rings. The zero-order valence-electron chi connectivity index (χ0n) is 16.0. The van der Waals surface area contributed by atoms with Crippen LogP contribution in [0.3, 0.4) is 0 Å². The molecule has 0 bridgehead atoms. The number of imide groups is 1. The highest BCUT2D eigenvalue weighted by atomic mass is 32.2. The van der Waals surface area contributed by atoms with Crippen molar-refractivity contribution in [1.29, 1.82) is 0 Å². The van der Waals surface area contributed by atoms with Crippen molar-refractivity contribution in [3.63, 3.8) is 0 Å². The Hall–Kier alpha value is -3.53. The maximum absolute atomic E-state index is 11.9. The largest absolute Gasteiger partial charge is 0.497 e. The molecule has 0 atom stereocenters. The number of nitrogens with one attached hydrogen (secondary N) is 3. The second-order valence-electron chi connectivity index (χ2n) is 6.98. The number of ether oxygens (including phenoxy) is 1. The Bertz CT molecular complexity index is 1180. The third kappa shape index (κ3) is 3.69. The fraction of sp³-hybridized carbons (Fsp3) is 0.200. The molecule has 30 heavy (non-hydrogen) atoms. The molecule has 10 heteroatoms. The first-order valence-corrected chi connectivity index (χ1v) is 10.2. The summed E-state index contributed by atoms with van der Waals surface area (Å²) in [6.45, 7) is 0. The maximum atomic E-state index is 11.9. The number of amides is 3. The summed E-state index contributed by atoms with van der Waals surface area (Å²) in [5.41, 5.74) is 1.40. The number of hydrogen-bond donors (Lipinski definition) is 3. The third-order valence-electron chi connectivity index (χ3n) is 4.71. The van der Waals surface area contributed by atoms with Crippen molar-refractivity contribution in [2.24, 2.45) is 0 Å². The molecule has 3 aromatic rings. The monoisotopic (exact) mass is 422 g/mol. The lowest BCUT2D eigenvalue weighted by Gasteiger charge is -2.10. The lowest BCUT2D eigenvalue weighted by Crippen LogP contribution is -2.22. The van der Waals surface area contributed by atoms with Gasteiger partial charge in [-0.25, -0.2) is 9.78 Å². The van der Waals surface area contributed by atoms with Crippen LogP contribution in [0.5, 0.6) is 5.75 Å². The number of benzene rings is 1. The molecule has 0 radical (unpaired) electrons. The van der Waals surface area contributed by atoms with E-state index in [2.05, 4.69) is 21.0 Å². The van der Waals surface area contributed by atoms with E-state index in [9.17, 15) is 9.59 Å². The molecule has 3 heterocycles. The van der Waals surface area contributed by atoms with Crippen LogP contribution in [0.25, 0.3) is 11.7 Å². The van der Waals surface area contributed by atoms with Crippen molar-refractivity contribution < 1.29 is 14.3 Å². The summed E-state index contributed by atoms with van der Waals surface area (Å²) < 4.78 is 6.94. The minimum absolute atomic E-state index is 0.168. The molecule has 9 nitrogen and oxygen atoms in total. The average Bonchev–Trinajstić information content (AvgIpc) is 3.37. The number of carbonyl (C=O) groups excluding carboxylic acids is 2. The summed E-state index contributed by atoms with van der Waals surface area (Å²) >= 11 is 1.52. The minimum Gasteiger partial charge on any atom is -0.497 e. The Labute approximate surface area is 175 Å². The zero-order chi connectivity index (χ0) is 20.7. The summed E-state index contributed by atoms with van der Waals surface area (Å²) in [5, 5.41) is 13.4. The maximum Gasteiger partial charge on any atom is 0.326 e. The first kappa shape index (κ1) is 18.5. The van der Waals surface area contributed by atoms with Crippen LogP contribution < -0.4 is 20.7 Å². The van der Waals surface area contributed by atoms with E-state index < -0.39 is 11.9 Å². The molecule has 2 aliphatic rings. The summed E-state index contributed by atoms with van der Waals surface area (Å²) in [6, 6.07) is 9.61. The molecule has 3 N–H and O–H groups in total. The fourth-order valence-electron chi connectivity index (χ4n) is 3.05. The number of carbonyl (C=O) groups is 2. The molecule has 1 aliphatic heterocycles. The minimum atomic E-state index is -0.539. The van der Waals surface area contributed by atoms with Crippen LogP contribution in [-0.2, 0) is 4.79 Å². The third-order valence-corrected chi connectivity index (χ3v) is 5.63. The first-order chi connectivity index (χ1) is 14.6. The van der Waals surface area contributed by atoms with Gasteiger partial charge in [-0.15, -0.1) is 0 Å². The number of hydrogen-bond acceptors (Lipinski definition) is 7. The summed E-state index contributed by atoms with van der Waals surface area (Å²) in [6.07, 6.45) is 5.45. The van der Waals surface area contributed by atoms with E-state index in [0.29, 0.717) is 17.3 Å². The summed E-state index contributed by atoms with van der Waals surface area (Å²) in [4.78, 5) is 29.1. The van der Waals surface area contributed by atoms with Crippen LogP contribution in [0.2, 0.25) is 0 Å². The molecule has 3 amide bonds. The van der Waals surface area contributed by atoms with Gasteiger partial charge in [-0.3, -0.25) is 10.1 Å². The van der Waals surface area contributed by atoms with Crippen LogP contribution in [0, 0.1) is 0 Å². The Balaban J connectivity index is 1.54. The van der Waals surface area contributed by atoms with Gasteiger partial charge in [0.05, 0.1) is 13.3 Å². The van der Waals surface area contributed by atoms with Crippen LogP contribution in [-0.4, -0.2) is 39.7 Å². The van der Waals surface area contributed by atoms with Gasteiger partial charge in [-0.2, -0.15) is 9.61 Å². The van der Waals surface area contributed by atoms with Crippen molar-refractivity contribution >= 4 is 41.2 Å². The zero-order valence-corrected chi connectivity index (χ0v) is 16.8. The van der Waals surface area contributed by atoms with Gasteiger partial charge in [0.25, 0.3) is 5.91 Å². The lowest BCUT2D eigenvalue weighted by molar-refractivity contribution is -0.115. The molecule has 2 aromatic heterocycles. The predicted octanol–water partition coefficient (Wildman–Crippen LogP) is 2.64. The average molecular weight is 422 g/mol. The van der Waals surface area contributed by atoms with Gasteiger partial charge < -0.3 is 15.4 Å². The van der Waals surface area contributed by atoms with Crippen molar-refractivity contribution in [3.8, 4) is 5.75 Å². The molecular weight excluding hydrogens is 404 g/mol. The van der Waals surface area contributed by atoms with Gasteiger partial charge in [-0.1, -0.05) is 11.8 Å². The molecule has 152 valence electrons. The number of nitrogens with zero attached hydrogens (tertiary/aromatic N) is 3. The van der Waals surface area contributed by atoms with E-state index in [0.717, 1.165) is 34.3 Å². The van der Waals surface area contributed by atoms with Gasteiger partial charge >= 0.3 is 6.03 Å².